The van der Waals surface area contributed by atoms with Crippen LogP contribution in [0.1, 0.15) is 19.8 Å². The largest absolute Gasteiger partial charge is 0.345 e. The van der Waals surface area contributed by atoms with Gasteiger partial charge in [0, 0.05) is 18.6 Å². The monoisotopic (exact) mass is 156 g/mol. The summed E-state index contributed by atoms with van der Waals surface area (Å²) < 4.78 is 0. The Morgan fingerprint density at radius 2 is 2.00 bits per heavy atom. The average molecular weight is 156 g/mol. The van der Waals surface area contributed by atoms with Gasteiger partial charge in [0.2, 0.25) is 6.41 Å². The van der Waals surface area contributed by atoms with Crippen molar-refractivity contribution in [2.45, 2.75) is 25.3 Å². The van der Waals surface area contributed by atoms with Crippen LogP contribution in [0.4, 0.5) is 0 Å². The van der Waals surface area contributed by atoms with Crippen LogP contribution >= 0.6 is 0 Å². The lowest BCUT2D eigenvalue weighted by Crippen LogP contribution is -2.49. The molecule has 64 valence electrons. The first-order chi connectivity index (χ1) is 5.20. The summed E-state index contributed by atoms with van der Waals surface area (Å²) in [6.07, 6.45) is 3.06. The molecule has 1 heterocycles. The fourth-order valence-corrected chi connectivity index (χ4v) is 1.37. The first kappa shape index (κ1) is 8.53. The Kier molecular flexibility index (Phi) is 2.49. The van der Waals surface area contributed by atoms with Gasteiger partial charge >= 0.3 is 0 Å². The van der Waals surface area contributed by atoms with Crippen molar-refractivity contribution in [3.8, 4) is 0 Å². The second-order valence-corrected chi connectivity index (χ2v) is 3.45. The minimum absolute atomic E-state index is 0.250. The van der Waals surface area contributed by atoms with E-state index in [4.69, 9.17) is 0 Å². The van der Waals surface area contributed by atoms with E-state index in [1.54, 1.807) is 0 Å². The molecular formula is C8H16N2O. The van der Waals surface area contributed by atoms with Crippen molar-refractivity contribution in [3.05, 3.63) is 0 Å². The molecule has 3 heteroatoms. The summed E-state index contributed by atoms with van der Waals surface area (Å²) >= 11 is 0. The second kappa shape index (κ2) is 3.22. The summed E-state index contributed by atoms with van der Waals surface area (Å²) in [6.45, 7) is 3.98. The van der Waals surface area contributed by atoms with Crippen molar-refractivity contribution >= 4 is 6.41 Å². The maximum atomic E-state index is 10.4. The first-order valence-electron chi connectivity index (χ1n) is 4.08. The molecule has 0 spiro atoms. The third-order valence-electron chi connectivity index (χ3n) is 2.65. The van der Waals surface area contributed by atoms with E-state index in [2.05, 4.69) is 12.2 Å². The van der Waals surface area contributed by atoms with Crippen molar-refractivity contribution in [2.24, 2.45) is 0 Å². The van der Waals surface area contributed by atoms with Crippen molar-refractivity contribution in [1.82, 2.24) is 10.2 Å². The van der Waals surface area contributed by atoms with Gasteiger partial charge in [-0.3, -0.25) is 4.79 Å². The minimum Gasteiger partial charge on any atom is -0.345 e. The third kappa shape index (κ3) is 1.93. The molecule has 11 heavy (non-hydrogen) atoms. The molecule has 0 bridgehead atoms. The van der Waals surface area contributed by atoms with Crippen LogP contribution in [0.3, 0.4) is 0 Å². The van der Waals surface area contributed by atoms with Crippen molar-refractivity contribution in [3.63, 3.8) is 0 Å². The van der Waals surface area contributed by atoms with E-state index in [9.17, 15) is 4.79 Å². The van der Waals surface area contributed by atoms with Crippen molar-refractivity contribution < 1.29 is 4.79 Å². The van der Waals surface area contributed by atoms with Gasteiger partial charge in [-0.25, -0.2) is 0 Å². The van der Waals surface area contributed by atoms with Gasteiger partial charge in [0.1, 0.15) is 0 Å². The summed E-state index contributed by atoms with van der Waals surface area (Å²) in [6, 6.07) is 0. The number of nitrogens with one attached hydrogen (secondary N) is 1. The van der Waals surface area contributed by atoms with Crippen LogP contribution in [-0.2, 0) is 4.79 Å². The van der Waals surface area contributed by atoms with Gasteiger partial charge in [-0.05, 0) is 26.8 Å². The van der Waals surface area contributed by atoms with E-state index >= 15 is 0 Å². The molecule has 0 saturated carbocycles. The first-order valence-corrected chi connectivity index (χ1v) is 4.08. The van der Waals surface area contributed by atoms with Gasteiger partial charge in [-0.2, -0.15) is 0 Å². The summed E-state index contributed by atoms with van der Waals surface area (Å²) in [5, 5.41) is 3.28. The van der Waals surface area contributed by atoms with Crippen molar-refractivity contribution in [1.29, 1.82) is 0 Å². The minimum atomic E-state index is 0.250. The van der Waals surface area contributed by atoms with Crippen LogP contribution in [0.25, 0.3) is 0 Å². The molecule has 1 saturated heterocycles. The predicted octanol–water partition coefficient (Wildman–Crippen LogP) is 0.217. The summed E-state index contributed by atoms with van der Waals surface area (Å²) in [7, 11) is 1.98. The highest BCUT2D eigenvalue weighted by molar-refractivity contribution is 5.47. The number of nitrogens with zero attached hydrogens (tertiary/aromatic N) is 1. The maximum Gasteiger partial charge on any atom is 0.209 e. The molecule has 0 atom stereocenters. The summed E-state index contributed by atoms with van der Waals surface area (Å²) in [4.78, 5) is 12.2. The zero-order valence-corrected chi connectivity index (χ0v) is 7.26. The zero-order valence-electron chi connectivity index (χ0n) is 7.26. The van der Waals surface area contributed by atoms with E-state index in [0.717, 1.165) is 32.3 Å². The highest BCUT2D eigenvalue weighted by atomic mass is 16.1. The topological polar surface area (TPSA) is 32.3 Å². The molecule has 1 N–H and O–H groups in total. The molecule has 0 radical (unpaired) electrons. The molecule has 1 amide bonds. The maximum absolute atomic E-state index is 10.4. The molecule has 1 fully saturated rings. The highest BCUT2D eigenvalue weighted by Gasteiger charge is 2.27. The third-order valence-corrected chi connectivity index (χ3v) is 2.65. The fraction of sp³-hybridized carbons (Fsp3) is 0.875. The number of piperidine rings is 1. The lowest BCUT2D eigenvalue weighted by molar-refractivity contribution is -0.119. The van der Waals surface area contributed by atoms with Crippen LogP contribution in [0.5, 0.6) is 0 Å². The number of likely N-dealkylation sites (tertiary alicyclic amines) is 1. The molecule has 1 aliphatic heterocycles. The molecule has 1 aliphatic rings. The Balaban J connectivity index is 2.40. The number of carbonyl (C=O) groups is 1. The quantitative estimate of drug-likeness (QED) is 0.580. The van der Waals surface area contributed by atoms with Crippen molar-refractivity contribution in [2.75, 3.05) is 20.1 Å². The second-order valence-electron chi connectivity index (χ2n) is 3.45. The molecule has 1 rings (SSSR count). The Morgan fingerprint density at radius 3 is 2.36 bits per heavy atom. The normalized spacial score (nSPS) is 23.3. The number of hydrogen-bond acceptors (Lipinski definition) is 2. The van der Waals surface area contributed by atoms with E-state index in [1.807, 2.05) is 11.9 Å². The van der Waals surface area contributed by atoms with E-state index < -0.39 is 0 Å². The lowest BCUT2D eigenvalue weighted by Gasteiger charge is -2.37. The van der Waals surface area contributed by atoms with E-state index in [0.29, 0.717) is 0 Å². The Morgan fingerprint density at radius 1 is 1.45 bits per heavy atom. The molecule has 0 aromatic heterocycles. The van der Waals surface area contributed by atoms with Gasteiger partial charge in [-0.1, -0.05) is 0 Å². The number of rotatable bonds is 2. The smallest absolute Gasteiger partial charge is 0.209 e. The molecule has 0 unspecified atom stereocenters. The van der Waals surface area contributed by atoms with Gasteiger partial charge in [-0.15, -0.1) is 0 Å². The number of hydrogen-bond donors (Lipinski definition) is 1. The predicted molar refractivity (Wildman–Crippen MR) is 44.3 cm³/mol. The van der Waals surface area contributed by atoms with E-state index in [1.165, 1.54) is 0 Å². The SMILES string of the molecule is CNC1(C)CCN(C=O)CC1. The number of carbonyl (C=O) groups excluding carboxylic acids is 1. The summed E-state index contributed by atoms with van der Waals surface area (Å²) in [5.74, 6) is 0. The standard InChI is InChI=1S/C8H16N2O/c1-8(9-2)3-5-10(7-11)6-4-8/h7,9H,3-6H2,1-2H3. The van der Waals surface area contributed by atoms with Crippen LogP contribution in [0, 0.1) is 0 Å². The zero-order chi connectivity index (χ0) is 8.32. The Labute approximate surface area is 67.8 Å². The van der Waals surface area contributed by atoms with Crippen LogP contribution in [0.2, 0.25) is 0 Å². The lowest BCUT2D eigenvalue weighted by atomic mass is 9.90. The molecular weight excluding hydrogens is 140 g/mol. The van der Waals surface area contributed by atoms with Gasteiger partial charge in [0.25, 0.3) is 0 Å². The van der Waals surface area contributed by atoms with Crippen LogP contribution < -0.4 is 5.32 Å². The average Bonchev–Trinajstić information content (AvgIpc) is 2.06. The Bertz CT molecular complexity index is 139. The van der Waals surface area contributed by atoms with Gasteiger partial charge in [0.15, 0.2) is 0 Å². The Hall–Kier alpha value is -0.570. The molecule has 0 aliphatic carbocycles. The molecule has 3 nitrogen and oxygen atoms in total. The number of amides is 1. The van der Waals surface area contributed by atoms with Gasteiger partial charge in [0.05, 0.1) is 0 Å². The highest BCUT2D eigenvalue weighted by Crippen LogP contribution is 2.19. The molecule has 0 aromatic rings. The van der Waals surface area contributed by atoms with Crippen LogP contribution in [-0.4, -0.2) is 37.0 Å². The molecule has 0 aromatic carbocycles. The fourth-order valence-electron chi connectivity index (χ4n) is 1.37. The van der Waals surface area contributed by atoms with Crippen LogP contribution in [0.15, 0.2) is 0 Å². The van der Waals surface area contributed by atoms with E-state index in [-0.39, 0.29) is 5.54 Å². The summed E-state index contributed by atoms with van der Waals surface area (Å²) in [5.41, 5.74) is 0.250. The van der Waals surface area contributed by atoms with Gasteiger partial charge < -0.3 is 10.2 Å².